The van der Waals surface area contributed by atoms with Gasteiger partial charge in [-0.15, -0.1) is 5.10 Å². The van der Waals surface area contributed by atoms with Gasteiger partial charge in [0.2, 0.25) is 17.0 Å². The first-order valence-corrected chi connectivity index (χ1v) is 9.82. The smallest absolute Gasteiger partial charge is 0.236 e. The van der Waals surface area contributed by atoms with Gasteiger partial charge in [-0.25, -0.2) is 9.67 Å². The minimum Gasteiger partial charge on any atom is -0.368 e. The maximum absolute atomic E-state index is 11.8. The highest BCUT2D eigenvalue weighted by atomic mass is 32.2. The third-order valence-electron chi connectivity index (χ3n) is 4.38. The minimum absolute atomic E-state index is 0.149. The number of carbonyl (C=O) groups is 2. The molecule has 1 fully saturated rings. The van der Waals surface area contributed by atoms with E-state index in [1.807, 2.05) is 35.0 Å². The molecule has 1 aliphatic rings. The summed E-state index contributed by atoms with van der Waals surface area (Å²) in [6, 6.07) is 9.95. The number of nitrogens with one attached hydrogen (secondary N) is 1. The summed E-state index contributed by atoms with van der Waals surface area (Å²) < 4.78 is 1.90. The molecule has 138 valence electrons. The Morgan fingerprint density at radius 3 is 2.62 bits per heavy atom. The van der Waals surface area contributed by atoms with Crippen LogP contribution in [-0.4, -0.2) is 38.9 Å². The largest absolute Gasteiger partial charge is 0.368 e. The number of nitrogens with zero attached hydrogens (tertiary/aromatic N) is 3. The number of rotatable bonds is 7. The van der Waals surface area contributed by atoms with Crippen LogP contribution in [-0.2, 0) is 9.59 Å². The minimum atomic E-state index is -0.561. The molecule has 2 aromatic rings. The van der Waals surface area contributed by atoms with Crippen LogP contribution in [0.15, 0.2) is 35.5 Å². The van der Waals surface area contributed by atoms with Crippen molar-refractivity contribution in [2.45, 2.75) is 43.2 Å². The molecule has 0 saturated heterocycles. The molecule has 0 bridgehead atoms. The third kappa shape index (κ3) is 4.85. The maximum atomic E-state index is 11.8. The first-order valence-electron chi connectivity index (χ1n) is 8.83. The van der Waals surface area contributed by atoms with E-state index in [1.165, 1.54) is 31.0 Å². The van der Waals surface area contributed by atoms with E-state index in [0.717, 1.165) is 24.4 Å². The predicted octanol–water partition coefficient (Wildman–Crippen LogP) is 2.01. The van der Waals surface area contributed by atoms with Crippen LogP contribution >= 0.6 is 11.8 Å². The second-order valence-corrected chi connectivity index (χ2v) is 7.31. The Hall–Kier alpha value is -2.35. The van der Waals surface area contributed by atoms with E-state index in [0.29, 0.717) is 11.1 Å². The van der Waals surface area contributed by atoms with Gasteiger partial charge in [0.15, 0.2) is 0 Å². The number of benzene rings is 1. The van der Waals surface area contributed by atoms with Crippen molar-refractivity contribution in [3.8, 4) is 5.69 Å². The van der Waals surface area contributed by atoms with Crippen LogP contribution in [0.1, 0.15) is 43.8 Å². The molecular weight excluding hydrogens is 350 g/mol. The summed E-state index contributed by atoms with van der Waals surface area (Å²) in [4.78, 5) is 27.2. The average molecular weight is 373 g/mol. The summed E-state index contributed by atoms with van der Waals surface area (Å²) >= 11 is 1.27. The van der Waals surface area contributed by atoms with Crippen LogP contribution < -0.4 is 11.1 Å². The number of hydrogen-bond donors (Lipinski definition) is 2. The summed E-state index contributed by atoms with van der Waals surface area (Å²) in [6.07, 6.45) is 5.94. The standard InChI is InChI=1S/C18H23N5O2S/c19-15(24)11-20-16(25)12-26-18-21-17(13-7-3-1-4-8-13)23(22-18)14-9-5-2-6-10-14/h2,5-6,9-10,13H,1,3-4,7-8,11-12H2,(H2,19,24)(H,20,25). The molecular formula is C18H23N5O2S. The Balaban J connectivity index is 1.75. The average Bonchev–Trinajstić information content (AvgIpc) is 3.10. The van der Waals surface area contributed by atoms with Gasteiger partial charge in [0.05, 0.1) is 18.0 Å². The van der Waals surface area contributed by atoms with Crippen LogP contribution in [0.4, 0.5) is 0 Å². The molecule has 1 heterocycles. The summed E-state index contributed by atoms with van der Waals surface area (Å²) in [6.45, 7) is -0.154. The third-order valence-corrected chi connectivity index (χ3v) is 5.21. The SMILES string of the molecule is NC(=O)CNC(=O)CSc1nc(C2CCCCC2)n(-c2ccccc2)n1. The molecule has 1 saturated carbocycles. The van der Waals surface area contributed by atoms with Crippen molar-refractivity contribution in [1.82, 2.24) is 20.1 Å². The molecule has 7 nitrogen and oxygen atoms in total. The lowest BCUT2D eigenvalue weighted by Crippen LogP contribution is -2.34. The second kappa shape index (κ2) is 8.84. The fraction of sp³-hybridized carbons (Fsp3) is 0.444. The number of amides is 2. The van der Waals surface area contributed by atoms with Crippen molar-refractivity contribution in [3.05, 3.63) is 36.2 Å². The van der Waals surface area contributed by atoms with Gasteiger partial charge in [-0.2, -0.15) is 0 Å². The molecule has 2 amide bonds. The highest BCUT2D eigenvalue weighted by Gasteiger charge is 2.23. The van der Waals surface area contributed by atoms with Gasteiger partial charge in [-0.1, -0.05) is 49.2 Å². The zero-order valence-electron chi connectivity index (χ0n) is 14.6. The molecule has 0 unspecified atom stereocenters. The summed E-state index contributed by atoms with van der Waals surface area (Å²) in [5.74, 6) is 0.694. The molecule has 1 aliphatic carbocycles. The lowest BCUT2D eigenvalue weighted by molar-refractivity contribution is -0.123. The topological polar surface area (TPSA) is 103 Å². The van der Waals surface area contributed by atoms with Gasteiger partial charge in [-0.3, -0.25) is 9.59 Å². The molecule has 0 radical (unpaired) electrons. The van der Waals surface area contributed by atoms with E-state index in [9.17, 15) is 9.59 Å². The van der Waals surface area contributed by atoms with Crippen molar-refractivity contribution in [3.63, 3.8) is 0 Å². The molecule has 0 spiro atoms. The highest BCUT2D eigenvalue weighted by molar-refractivity contribution is 7.99. The number of aromatic nitrogens is 3. The Labute approximate surface area is 156 Å². The molecule has 8 heteroatoms. The highest BCUT2D eigenvalue weighted by Crippen LogP contribution is 2.33. The zero-order valence-corrected chi connectivity index (χ0v) is 15.4. The lowest BCUT2D eigenvalue weighted by Gasteiger charge is -2.21. The van der Waals surface area contributed by atoms with Crippen molar-refractivity contribution in [2.24, 2.45) is 5.73 Å². The maximum Gasteiger partial charge on any atom is 0.236 e. The van der Waals surface area contributed by atoms with Gasteiger partial charge in [-0.05, 0) is 25.0 Å². The second-order valence-electron chi connectivity index (χ2n) is 6.37. The fourth-order valence-electron chi connectivity index (χ4n) is 3.12. The first-order chi connectivity index (χ1) is 12.6. The number of primary amides is 1. The van der Waals surface area contributed by atoms with E-state index in [4.69, 9.17) is 10.7 Å². The molecule has 0 aliphatic heterocycles. The molecule has 0 atom stereocenters. The van der Waals surface area contributed by atoms with Crippen molar-refractivity contribution >= 4 is 23.6 Å². The lowest BCUT2D eigenvalue weighted by atomic mass is 9.88. The molecule has 3 N–H and O–H groups in total. The molecule has 26 heavy (non-hydrogen) atoms. The fourth-order valence-corrected chi connectivity index (χ4v) is 3.78. The van der Waals surface area contributed by atoms with Gasteiger partial charge in [0.25, 0.3) is 0 Å². The van der Waals surface area contributed by atoms with Crippen LogP contribution in [0, 0.1) is 0 Å². The number of para-hydroxylation sites is 1. The first kappa shape index (κ1) is 18.4. The Morgan fingerprint density at radius 1 is 1.19 bits per heavy atom. The van der Waals surface area contributed by atoms with Crippen molar-refractivity contribution in [2.75, 3.05) is 12.3 Å². The Kier molecular flexibility index (Phi) is 6.27. The zero-order chi connectivity index (χ0) is 18.4. The number of thioether (sulfide) groups is 1. The Morgan fingerprint density at radius 2 is 1.92 bits per heavy atom. The van der Waals surface area contributed by atoms with Gasteiger partial charge in [0.1, 0.15) is 5.82 Å². The molecule has 3 rings (SSSR count). The normalized spacial score (nSPS) is 14.9. The van der Waals surface area contributed by atoms with E-state index < -0.39 is 5.91 Å². The van der Waals surface area contributed by atoms with Crippen molar-refractivity contribution < 1.29 is 9.59 Å². The number of nitrogens with two attached hydrogens (primary N) is 1. The quantitative estimate of drug-likeness (QED) is 0.723. The van der Waals surface area contributed by atoms with E-state index in [2.05, 4.69) is 10.4 Å². The molecule has 1 aromatic carbocycles. The van der Waals surface area contributed by atoms with Gasteiger partial charge >= 0.3 is 0 Å². The van der Waals surface area contributed by atoms with E-state index in [-0.39, 0.29) is 18.2 Å². The van der Waals surface area contributed by atoms with Gasteiger partial charge < -0.3 is 11.1 Å². The van der Waals surface area contributed by atoms with E-state index in [1.54, 1.807) is 0 Å². The summed E-state index contributed by atoms with van der Waals surface area (Å²) in [7, 11) is 0. The van der Waals surface area contributed by atoms with Crippen LogP contribution in [0.25, 0.3) is 5.69 Å². The van der Waals surface area contributed by atoms with Crippen LogP contribution in [0.2, 0.25) is 0 Å². The predicted molar refractivity (Wildman–Crippen MR) is 100 cm³/mol. The molecule has 1 aromatic heterocycles. The van der Waals surface area contributed by atoms with Crippen LogP contribution in [0.3, 0.4) is 0 Å². The number of hydrogen-bond acceptors (Lipinski definition) is 5. The summed E-state index contributed by atoms with van der Waals surface area (Å²) in [5, 5.41) is 7.66. The van der Waals surface area contributed by atoms with Gasteiger partial charge in [0, 0.05) is 5.92 Å². The monoisotopic (exact) mass is 373 g/mol. The van der Waals surface area contributed by atoms with Crippen LogP contribution in [0.5, 0.6) is 0 Å². The number of carbonyl (C=O) groups excluding carboxylic acids is 2. The van der Waals surface area contributed by atoms with E-state index >= 15 is 0 Å². The van der Waals surface area contributed by atoms with Crippen molar-refractivity contribution in [1.29, 1.82) is 0 Å². The Bertz CT molecular complexity index is 756. The summed E-state index contributed by atoms with van der Waals surface area (Å²) in [5.41, 5.74) is 6.01.